The van der Waals surface area contributed by atoms with Crippen LogP contribution in [-0.4, -0.2) is 18.1 Å². The Morgan fingerprint density at radius 2 is 1.64 bits per heavy atom. The maximum Gasteiger partial charge on any atom is 0.313 e. The molecule has 14 heavy (non-hydrogen) atoms. The lowest BCUT2D eigenvalue weighted by Crippen LogP contribution is -1.90. The van der Waals surface area contributed by atoms with Gasteiger partial charge < -0.3 is 4.52 Å². The highest BCUT2D eigenvalue weighted by atomic mass is 33.1. The second-order valence-corrected chi connectivity index (χ2v) is 10.8. The summed E-state index contributed by atoms with van der Waals surface area (Å²) < 4.78 is 17.6. The fraction of sp³-hybridized carbons (Fsp3) is 1.00. The molecule has 86 valence electrons. The highest BCUT2D eigenvalue weighted by Crippen LogP contribution is 2.69. The Balaban J connectivity index is 3.78. The van der Waals surface area contributed by atoms with Crippen molar-refractivity contribution in [3.8, 4) is 0 Å². The van der Waals surface area contributed by atoms with E-state index in [1.54, 1.807) is 0 Å². The molecule has 0 spiro atoms. The number of hydrogen-bond acceptors (Lipinski definition) is 4. The predicted octanol–water partition coefficient (Wildman–Crippen LogP) is 4.81. The third kappa shape index (κ3) is 7.22. The quantitative estimate of drug-likeness (QED) is 0.437. The Hall–Kier alpha value is 0.890. The molecular weight excluding hydrogens is 235 g/mol. The van der Waals surface area contributed by atoms with Gasteiger partial charge in [0.2, 0.25) is 0 Å². The largest absolute Gasteiger partial charge is 0.314 e. The Morgan fingerprint density at radius 1 is 1.07 bits per heavy atom. The summed E-state index contributed by atoms with van der Waals surface area (Å²) >= 11 is 2.92. The molecule has 0 aliphatic carbocycles. The minimum Gasteiger partial charge on any atom is -0.314 e. The van der Waals surface area contributed by atoms with Crippen LogP contribution in [-0.2, 0) is 9.09 Å². The molecule has 0 radical (unpaired) electrons. The molecule has 0 aromatic heterocycles. The standard InChI is InChI=1S/C9H21O2PS2/c1-4-7-8-9-11-12(10,13-5-2)14-6-3/h4-9H2,1-3H3. The van der Waals surface area contributed by atoms with Crippen molar-refractivity contribution < 1.29 is 9.09 Å². The van der Waals surface area contributed by atoms with Crippen molar-refractivity contribution in [2.45, 2.75) is 40.0 Å². The summed E-state index contributed by atoms with van der Waals surface area (Å²) in [6.45, 7) is 6.83. The van der Waals surface area contributed by atoms with Crippen molar-refractivity contribution in [2.75, 3.05) is 18.1 Å². The summed E-state index contributed by atoms with van der Waals surface area (Å²) in [5.41, 5.74) is 0. The van der Waals surface area contributed by atoms with E-state index in [1.807, 2.05) is 13.8 Å². The molecule has 0 fully saturated rings. The fourth-order valence-electron chi connectivity index (χ4n) is 0.956. The van der Waals surface area contributed by atoms with Crippen LogP contribution in [0.3, 0.4) is 0 Å². The van der Waals surface area contributed by atoms with Crippen molar-refractivity contribution in [3.63, 3.8) is 0 Å². The highest BCUT2D eigenvalue weighted by Gasteiger charge is 2.22. The summed E-state index contributed by atoms with van der Waals surface area (Å²) in [6, 6.07) is 0. The van der Waals surface area contributed by atoms with Gasteiger partial charge in [-0.3, -0.25) is 4.57 Å². The van der Waals surface area contributed by atoms with Crippen LogP contribution in [0.4, 0.5) is 0 Å². The van der Waals surface area contributed by atoms with Gasteiger partial charge in [-0.15, -0.1) is 0 Å². The Labute approximate surface area is 95.9 Å². The summed E-state index contributed by atoms with van der Waals surface area (Å²) in [7, 11) is 0. The van der Waals surface area contributed by atoms with Crippen molar-refractivity contribution >= 4 is 28.5 Å². The lowest BCUT2D eigenvalue weighted by molar-refractivity contribution is 0.323. The van der Waals surface area contributed by atoms with Crippen LogP contribution in [0.1, 0.15) is 40.0 Å². The van der Waals surface area contributed by atoms with E-state index in [4.69, 9.17) is 4.52 Å². The highest BCUT2D eigenvalue weighted by molar-refractivity contribution is 8.89. The van der Waals surface area contributed by atoms with Gasteiger partial charge in [-0.1, -0.05) is 56.4 Å². The normalized spacial score (nSPS) is 11.9. The molecule has 0 saturated heterocycles. The first-order valence-electron chi connectivity index (χ1n) is 5.22. The summed E-state index contributed by atoms with van der Waals surface area (Å²) in [5.74, 6) is -0.708. The van der Waals surface area contributed by atoms with E-state index in [-0.39, 0.29) is 0 Å². The first kappa shape index (κ1) is 14.9. The molecule has 0 N–H and O–H groups in total. The Kier molecular flexibility index (Phi) is 9.72. The molecule has 0 heterocycles. The smallest absolute Gasteiger partial charge is 0.313 e. The Bertz CT molecular complexity index is 166. The average molecular weight is 256 g/mol. The van der Waals surface area contributed by atoms with Crippen LogP contribution in [0, 0.1) is 0 Å². The molecule has 0 atom stereocenters. The summed E-state index contributed by atoms with van der Waals surface area (Å²) in [5, 5.41) is 0. The first-order valence-corrected chi connectivity index (χ1v) is 10.0. The fourth-order valence-corrected chi connectivity index (χ4v) is 7.75. The van der Waals surface area contributed by atoms with Crippen LogP contribution in [0.25, 0.3) is 0 Å². The second-order valence-electron chi connectivity index (χ2n) is 2.82. The predicted molar refractivity (Wildman–Crippen MR) is 69.3 cm³/mol. The minimum atomic E-state index is -2.43. The third-order valence-electron chi connectivity index (χ3n) is 1.57. The van der Waals surface area contributed by atoms with E-state index in [9.17, 15) is 4.57 Å². The van der Waals surface area contributed by atoms with Crippen LogP contribution >= 0.6 is 28.5 Å². The van der Waals surface area contributed by atoms with Crippen molar-refractivity contribution in [2.24, 2.45) is 0 Å². The maximum atomic E-state index is 12.1. The van der Waals surface area contributed by atoms with Crippen molar-refractivity contribution in [1.29, 1.82) is 0 Å². The molecule has 0 saturated carbocycles. The van der Waals surface area contributed by atoms with Crippen LogP contribution in [0.2, 0.25) is 0 Å². The first-order chi connectivity index (χ1) is 6.68. The number of hydrogen-bond donors (Lipinski definition) is 0. The SMILES string of the molecule is CCCCCOP(=O)(SCC)SCC. The second kappa shape index (κ2) is 9.14. The molecule has 0 aromatic rings. The van der Waals surface area contributed by atoms with E-state index in [0.717, 1.165) is 24.3 Å². The van der Waals surface area contributed by atoms with Crippen molar-refractivity contribution in [3.05, 3.63) is 0 Å². The molecular formula is C9H21O2PS2. The molecule has 0 bridgehead atoms. The van der Waals surface area contributed by atoms with Gasteiger partial charge >= 0.3 is 5.77 Å². The van der Waals surface area contributed by atoms with Gasteiger partial charge in [-0.2, -0.15) is 0 Å². The van der Waals surface area contributed by atoms with E-state index < -0.39 is 5.77 Å². The van der Waals surface area contributed by atoms with Gasteiger partial charge in [0, 0.05) is 11.5 Å². The zero-order chi connectivity index (χ0) is 10.9. The molecule has 0 aliphatic heterocycles. The van der Waals surface area contributed by atoms with Gasteiger partial charge in [-0.25, -0.2) is 0 Å². The van der Waals surface area contributed by atoms with Crippen LogP contribution < -0.4 is 0 Å². The van der Waals surface area contributed by atoms with Gasteiger partial charge in [-0.05, 0) is 6.42 Å². The molecule has 0 amide bonds. The maximum absolute atomic E-state index is 12.1. The molecule has 0 rings (SSSR count). The van der Waals surface area contributed by atoms with Crippen LogP contribution in [0.5, 0.6) is 0 Å². The average Bonchev–Trinajstić information content (AvgIpc) is 2.13. The lowest BCUT2D eigenvalue weighted by Gasteiger charge is -2.15. The van der Waals surface area contributed by atoms with Gasteiger partial charge in [0.05, 0.1) is 6.61 Å². The van der Waals surface area contributed by atoms with Gasteiger partial charge in [0.25, 0.3) is 0 Å². The van der Waals surface area contributed by atoms with Gasteiger partial charge in [0.1, 0.15) is 0 Å². The van der Waals surface area contributed by atoms with E-state index >= 15 is 0 Å². The molecule has 5 heteroatoms. The molecule has 0 aliphatic rings. The van der Waals surface area contributed by atoms with Crippen molar-refractivity contribution in [1.82, 2.24) is 0 Å². The van der Waals surface area contributed by atoms with E-state index in [0.29, 0.717) is 6.61 Å². The summed E-state index contributed by atoms with van der Waals surface area (Å²) in [6.07, 6.45) is 3.36. The molecule has 0 aromatic carbocycles. The Morgan fingerprint density at radius 3 is 2.07 bits per heavy atom. The monoisotopic (exact) mass is 256 g/mol. The molecule has 0 unspecified atom stereocenters. The van der Waals surface area contributed by atoms with Crippen LogP contribution in [0.15, 0.2) is 0 Å². The number of unbranched alkanes of at least 4 members (excludes halogenated alkanes) is 2. The van der Waals surface area contributed by atoms with E-state index in [2.05, 4.69) is 6.92 Å². The minimum absolute atomic E-state index is 0.644. The lowest BCUT2D eigenvalue weighted by atomic mass is 10.3. The third-order valence-corrected chi connectivity index (χ3v) is 9.20. The van der Waals surface area contributed by atoms with E-state index in [1.165, 1.54) is 29.2 Å². The summed E-state index contributed by atoms with van der Waals surface area (Å²) in [4.78, 5) is 0. The zero-order valence-electron chi connectivity index (χ0n) is 9.32. The zero-order valence-corrected chi connectivity index (χ0v) is 11.9. The molecule has 2 nitrogen and oxygen atoms in total. The topological polar surface area (TPSA) is 26.3 Å². The number of rotatable bonds is 9. The van der Waals surface area contributed by atoms with Gasteiger partial charge in [0.15, 0.2) is 0 Å².